The van der Waals surface area contributed by atoms with Gasteiger partial charge in [0.15, 0.2) is 0 Å². The summed E-state index contributed by atoms with van der Waals surface area (Å²) in [7, 11) is 1.76. The largest absolute Gasteiger partial charge is 0.478 e. The second kappa shape index (κ2) is 5.98. The van der Waals surface area contributed by atoms with Crippen molar-refractivity contribution in [2.24, 2.45) is 0 Å². The highest BCUT2D eigenvalue weighted by molar-refractivity contribution is 5.87. The molecule has 0 saturated carbocycles. The predicted molar refractivity (Wildman–Crippen MR) is 68.7 cm³/mol. The highest BCUT2D eigenvalue weighted by atomic mass is 16.5. The van der Waals surface area contributed by atoms with Gasteiger partial charge in [-0.3, -0.25) is 4.90 Å². The van der Waals surface area contributed by atoms with Crippen molar-refractivity contribution in [2.75, 3.05) is 20.2 Å². The standard InChI is InChI=1S/C14H19NO3/c1-18-13-3-2-8-15(10-13)9-11-4-6-12(7-5-11)14(16)17/h4-7,13H,2-3,8-10H2,1H3,(H,16,17). The van der Waals surface area contributed by atoms with Gasteiger partial charge < -0.3 is 9.84 Å². The molecule has 0 bridgehead atoms. The fraction of sp³-hybridized carbons (Fsp3) is 0.500. The molecule has 0 amide bonds. The molecule has 0 spiro atoms. The molecule has 4 nitrogen and oxygen atoms in total. The van der Waals surface area contributed by atoms with E-state index < -0.39 is 5.97 Å². The van der Waals surface area contributed by atoms with E-state index in [0.717, 1.165) is 38.0 Å². The zero-order chi connectivity index (χ0) is 13.0. The van der Waals surface area contributed by atoms with Crippen molar-refractivity contribution in [2.45, 2.75) is 25.5 Å². The number of hydrogen-bond acceptors (Lipinski definition) is 3. The normalized spacial score (nSPS) is 20.8. The smallest absolute Gasteiger partial charge is 0.335 e. The maximum Gasteiger partial charge on any atom is 0.335 e. The lowest BCUT2D eigenvalue weighted by atomic mass is 10.1. The van der Waals surface area contributed by atoms with Crippen LogP contribution in [0, 0.1) is 0 Å². The number of benzene rings is 1. The fourth-order valence-corrected chi connectivity index (χ4v) is 2.36. The Kier molecular flexibility index (Phi) is 4.33. The molecule has 1 atom stereocenters. The van der Waals surface area contributed by atoms with Crippen molar-refractivity contribution >= 4 is 5.97 Å². The van der Waals surface area contributed by atoms with Crippen LogP contribution >= 0.6 is 0 Å². The van der Waals surface area contributed by atoms with Crippen LogP contribution in [0.4, 0.5) is 0 Å². The minimum atomic E-state index is -0.876. The summed E-state index contributed by atoms with van der Waals surface area (Å²) in [6, 6.07) is 7.10. The number of aromatic carboxylic acids is 1. The summed E-state index contributed by atoms with van der Waals surface area (Å²) in [5.74, 6) is -0.876. The molecule has 0 aromatic heterocycles. The van der Waals surface area contributed by atoms with Crippen molar-refractivity contribution in [3.63, 3.8) is 0 Å². The van der Waals surface area contributed by atoms with Crippen LogP contribution in [-0.4, -0.2) is 42.3 Å². The van der Waals surface area contributed by atoms with Gasteiger partial charge in [-0.25, -0.2) is 4.79 Å². The Morgan fingerprint density at radius 2 is 2.17 bits per heavy atom. The first-order chi connectivity index (χ1) is 8.69. The summed E-state index contributed by atoms with van der Waals surface area (Å²) in [6.45, 7) is 2.90. The number of nitrogens with zero attached hydrogens (tertiary/aromatic N) is 1. The van der Waals surface area contributed by atoms with E-state index in [4.69, 9.17) is 9.84 Å². The van der Waals surface area contributed by atoms with Crippen LogP contribution in [0.5, 0.6) is 0 Å². The molecule has 1 aliphatic heterocycles. The average molecular weight is 249 g/mol. The molecule has 2 rings (SSSR count). The molecule has 4 heteroatoms. The Morgan fingerprint density at radius 1 is 1.44 bits per heavy atom. The molecule has 1 saturated heterocycles. The molecule has 1 aromatic carbocycles. The molecule has 1 aromatic rings. The summed E-state index contributed by atoms with van der Waals surface area (Å²) in [5, 5.41) is 8.84. The molecule has 1 unspecified atom stereocenters. The van der Waals surface area contributed by atoms with Gasteiger partial charge in [0.25, 0.3) is 0 Å². The highest BCUT2D eigenvalue weighted by Gasteiger charge is 2.19. The van der Waals surface area contributed by atoms with Crippen LogP contribution < -0.4 is 0 Å². The average Bonchev–Trinajstić information content (AvgIpc) is 2.39. The van der Waals surface area contributed by atoms with Crippen LogP contribution in [0.15, 0.2) is 24.3 Å². The summed E-state index contributed by atoms with van der Waals surface area (Å²) < 4.78 is 5.39. The maximum atomic E-state index is 10.8. The van der Waals surface area contributed by atoms with Crippen molar-refractivity contribution in [3.8, 4) is 0 Å². The Balaban J connectivity index is 1.94. The molecule has 98 valence electrons. The van der Waals surface area contributed by atoms with Crippen molar-refractivity contribution in [3.05, 3.63) is 35.4 Å². The first-order valence-electron chi connectivity index (χ1n) is 6.26. The van der Waals surface area contributed by atoms with E-state index in [2.05, 4.69) is 4.90 Å². The number of likely N-dealkylation sites (tertiary alicyclic amines) is 1. The maximum absolute atomic E-state index is 10.8. The van der Waals surface area contributed by atoms with E-state index in [1.54, 1.807) is 19.2 Å². The van der Waals surface area contributed by atoms with Gasteiger partial charge in [0.2, 0.25) is 0 Å². The Bertz CT molecular complexity index is 402. The molecule has 1 heterocycles. The van der Waals surface area contributed by atoms with Crippen LogP contribution in [0.3, 0.4) is 0 Å². The second-order valence-corrected chi connectivity index (χ2v) is 4.74. The molecule has 1 aliphatic rings. The van der Waals surface area contributed by atoms with Gasteiger partial charge in [-0.2, -0.15) is 0 Å². The van der Waals surface area contributed by atoms with Gasteiger partial charge in [0.05, 0.1) is 11.7 Å². The molecule has 1 fully saturated rings. The lowest BCUT2D eigenvalue weighted by Gasteiger charge is -2.31. The minimum absolute atomic E-state index is 0.331. The number of hydrogen-bond donors (Lipinski definition) is 1. The number of carboxylic acids is 1. The first-order valence-corrected chi connectivity index (χ1v) is 6.26. The van der Waals surface area contributed by atoms with E-state index in [-0.39, 0.29) is 0 Å². The van der Waals surface area contributed by atoms with Gasteiger partial charge in [0, 0.05) is 20.2 Å². The minimum Gasteiger partial charge on any atom is -0.478 e. The zero-order valence-corrected chi connectivity index (χ0v) is 10.6. The number of ether oxygens (including phenoxy) is 1. The number of piperidine rings is 1. The molecule has 0 radical (unpaired) electrons. The molecular weight excluding hydrogens is 230 g/mol. The highest BCUT2D eigenvalue weighted by Crippen LogP contribution is 2.15. The SMILES string of the molecule is COC1CCCN(Cc2ccc(C(=O)O)cc2)C1. The third kappa shape index (κ3) is 3.31. The van der Waals surface area contributed by atoms with Crippen molar-refractivity contribution in [1.29, 1.82) is 0 Å². The van der Waals surface area contributed by atoms with E-state index >= 15 is 0 Å². The zero-order valence-electron chi connectivity index (χ0n) is 10.6. The topological polar surface area (TPSA) is 49.8 Å². The van der Waals surface area contributed by atoms with Gasteiger partial charge >= 0.3 is 5.97 Å². The van der Waals surface area contributed by atoms with Crippen LogP contribution in [0.25, 0.3) is 0 Å². The molecule has 18 heavy (non-hydrogen) atoms. The Hall–Kier alpha value is -1.39. The number of rotatable bonds is 4. The lowest BCUT2D eigenvalue weighted by molar-refractivity contribution is 0.0285. The van der Waals surface area contributed by atoms with Crippen LogP contribution in [-0.2, 0) is 11.3 Å². The summed E-state index contributed by atoms with van der Waals surface area (Å²) >= 11 is 0. The number of carbonyl (C=O) groups is 1. The van der Waals surface area contributed by atoms with Crippen LogP contribution in [0.2, 0.25) is 0 Å². The number of carboxylic acid groups (broad SMARTS) is 1. The van der Waals surface area contributed by atoms with Gasteiger partial charge in [0.1, 0.15) is 0 Å². The third-order valence-corrected chi connectivity index (χ3v) is 3.40. The summed E-state index contributed by atoms with van der Waals surface area (Å²) in [6.07, 6.45) is 2.62. The number of methoxy groups -OCH3 is 1. The fourth-order valence-electron chi connectivity index (χ4n) is 2.36. The molecule has 0 aliphatic carbocycles. The summed E-state index contributed by atoms with van der Waals surface area (Å²) in [5.41, 5.74) is 1.49. The van der Waals surface area contributed by atoms with Gasteiger partial charge in [-0.05, 0) is 37.1 Å². The van der Waals surface area contributed by atoms with Gasteiger partial charge in [-0.15, -0.1) is 0 Å². The molecule has 1 N–H and O–H groups in total. The van der Waals surface area contributed by atoms with Crippen molar-refractivity contribution < 1.29 is 14.6 Å². The monoisotopic (exact) mass is 249 g/mol. The van der Waals surface area contributed by atoms with E-state index in [0.29, 0.717) is 11.7 Å². The lowest BCUT2D eigenvalue weighted by Crippen LogP contribution is -2.38. The van der Waals surface area contributed by atoms with Crippen molar-refractivity contribution in [1.82, 2.24) is 4.90 Å². The predicted octanol–water partition coefficient (Wildman–Crippen LogP) is 2.00. The summed E-state index contributed by atoms with van der Waals surface area (Å²) in [4.78, 5) is 13.1. The van der Waals surface area contributed by atoms with E-state index in [9.17, 15) is 4.79 Å². The molecular formula is C14H19NO3. The second-order valence-electron chi connectivity index (χ2n) is 4.74. The first kappa shape index (κ1) is 13.1. The quantitative estimate of drug-likeness (QED) is 0.886. The van der Waals surface area contributed by atoms with E-state index in [1.807, 2.05) is 12.1 Å². The van der Waals surface area contributed by atoms with Crippen LogP contribution in [0.1, 0.15) is 28.8 Å². The third-order valence-electron chi connectivity index (χ3n) is 3.40. The Labute approximate surface area is 107 Å². The van der Waals surface area contributed by atoms with E-state index in [1.165, 1.54) is 0 Å². The van der Waals surface area contributed by atoms with Gasteiger partial charge in [-0.1, -0.05) is 12.1 Å². The Morgan fingerprint density at radius 3 is 2.78 bits per heavy atom.